The number of alkyl halides is 3. The highest BCUT2D eigenvalue weighted by Crippen LogP contribution is 2.38. The molecule has 12 heteroatoms. The summed E-state index contributed by atoms with van der Waals surface area (Å²) in [5.74, 6) is -9.49. The second kappa shape index (κ2) is 10.5. The van der Waals surface area contributed by atoms with E-state index in [1.54, 1.807) is 60.0 Å². The van der Waals surface area contributed by atoms with Gasteiger partial charge in [0, 0.05) is 5.56 Å². The zero-order chi connectivity index (χ0) is 26.9. The molecule has 0 amide bonds. The van der Waals surface area contributed by atoms with Crippen molar-refractivity contribution in [3.63, 3.8) is 0 Å². The van der Waals surface area contributed by atoms with Crippen molar-refractivity contribution in [3.05, 3.63) is 105 Å². The zero-order valence-corrected chi connectivity index (χ0v) is 19.7. The molecule has 0 aliphatic rings. The standard InChI is InChI=1S/C25H13Cl2F7N2O/c26-16-7-5-12(9-17(16)27)11-37-18-8-6-13-3-1-2-4-14(13)15(18)10-35-36-24-22(30)20(28)19(25(32,33)34)21(29)23(24)31/h1-10,36H,11H2/b35-10+. The van der Waals surface area contributed by atoms with Crippen LogP contribution >= 0.6 is 23.2 Å². The van der Waals surface area contributed by atoms with Crippen molar-refractivity contribution >= 4 is 45.9 Å². The Bertz CT molecular complexity index is 1490. The van der Waals surface area contributed by atoms with Gasteiger partial charge in [0.2, 0.25) is 0 Å². The van der Waals surface area contributed by atoms with Crippen molar-refractivity contribution in [3.8, 4) is 5.75 Å². The van der Waals surface area contributed by atoms with E-state index in [0.29, 0.717) is 26.6 Å². The molecule has 0 bridgehead atoms. The predicted molar refractivity (Wildman–Crippen MR) is 127 cm³/mol. The van der Waals surface area contributed by atoms with Gasteiger partial charge in [0.15, 0.2) is 23.3 Å². The minimum absolute atomic E-state index is 0.0437. The molecule has 0 aliphatic carbocycles. The Balaban J connectivity index is 1.68. The van der Waals surface area contributed by atoms with Gasteiger partial charge in [-0.3, -0.25) is 5.43 Å². The van der Waals surface area contributed by atoms with Gasteiger partial charge >= 0.3 is 6.18 Å². The van der Waals surface area contributed by atoms with Crippen LogP contribution in [0.2, 0.25) is 10.0 Å². The van der Waals surface area contributed by atoms with Gasteiger partial charge in [0.1, 0.15) is 23.6 Å². The van der Waals surface area contributed by atoms with Crippen molar-refractivity contribution in [2.45, 2.75) is 12.8 Å². The molecule has 4 aromatic carbocycles. The summed E-state index contributed by atoms with van der Waals surface area (Å²) in [7, 11) is 0. The first kappa shape index (κ1) is 26.6. The number of rotatable bonds is 6. The van der Waals surface area contributed by atoms with E-state index in [4.69, 9.17) is 27.9 Å². The number of nitrogens with one attached hydrogen (secondary N) is 1. The molecule has 0 fully saturated rings. The summed E-state index contributed by atoms with van der Waals surface area (Å²) in [6.07, 6.45) is -4.60. The van der Waals surface area contributed by atoms with Gasteiger partial charge in [-0.05, 0) is 34.5 Å². The molecule has 0 saturated heterocycles. The molecule has 3 nitrogen and oxygen atoms in total. The van der Waals surface area contributed by atoms with Crippen molar-refractivity contribution in [2.75, 3.05) is 5.43 Å². The van der Waals surface area contributed by atoms with Crippen LogP contribution in [0, 0.1) is 23.3 Å². The van der Waals surface area contributed by atoms with E-state index in [-0.39, 0.29) is 12.4 Å². The summed E-state index contributed by atoms with van der Waals surface area (Å²) in [6, 6.07) is 15.1. The molecule has 0 heterocycles. The van der Waals surface area contributed by atoms with Crippen LogP contribution in [0.4, 0.5) is 36.4 Å². The van der Waals surface area contributed by atoms with Crippen LogP contribution in [0.15, 0.2) is 59.7 Å². The summed E-state index contributed by atoms with van der Waals surface area (Å²) >= 11 is 11.9. The number of anilines is 1. The Kier molecular flexibility index (Phi) is 7.52. The van der Waals surface area contributed by atoms with Crippen LogP contribution < -0.4 is 10.2 Å². The molecule has 4 aromatic rings. The quantitative estimate of drug-likeness (QED) is 0.111. The molecule has 0 radical (unpaired) electrons. The summed E-state index contributed by atoms with van der Waals surface area (Å²) in [4.78, 5) is 0. The Labute approximate surface area is 215 Å². The Morgan fingerprint density at radius 3 is 2.16 bits per heavy atom. The lowest BCUT2D eigenvalue weighted by Crippen LogP contribution is -2.16. The lowest BCUT2D eigenvalue weighted by Gasteiger charge is -2.14. The van der Waals surface area contributed by atoms with E-state index in [2.05, 4.69) is 5.10 Å². The van der Waals surface area contributed by atoms with Gasteiger partial charge in [0.05, 0.1) is 16.3 Å². The Morgan fingerprint density at radius 2 is 1.51 bits per heavy atom. The molecule has 1 N–H and O–H groups in total. The smallest absolute Gasteiger partial charge is 0.422 e. The molecule has 0 spiro atoms. The third-order valence-electron chi connectivity index (χ3n) is 5.23. The third kappa shape index (κ3) is 5.45. The van der Waals surface area contributed by atoms with E-state index in [9.17, 15) is 30.7 Å². The number of nitrogens with zero attached hydrogens (tertiary/aromatic N) is 1. The van der Waals surface area contributed by atoms with Crippen LogP contribution in [0.1, 0.15) is 16.7 Å². The molecule has 4 rings (SSSR count). The lowest BCUT2D eigenvalue weighted by molar-refractivity contribution is -0.143. The summed E-state index contributed by atoms with van der Waals surface area (Å²) < 4.78 is 101. The highest BCUT2D eigenvalue weighted by molar-refractivity contribution is 6.42. The first-order chi connectivity index (χ1) is 17.5. The number of benzene rings is 4. The van der Waals surface area contributed by atoms with Crippen LogP contribution in [0.25, 0.3) is 10.8 Å². The van der Waals surface area contributed by atoms with E-state index < -0.39 is 40.7 Å². The average molecular weight is 561 g/mol. The second-order valence-corrected chi connectivity index (χ2v) is 8.42. The molecule has 0 aromatic heterocycles. The van der Waals surface area contributed by atoms with E-state index in [0.717, 1.165) is 11.6 Å². The van der Waals surface area contributed by atoms with Gasteiger partial charge in [-0.2, -0.15) is 18.3 Å². The molecule has 0 atom stereocenters. The number of ether oxygens (including phenoxy) is 1. The minimum Gasteiger partial charge on any atom is -0.488 e. The Morgan fingerprint density at radius 1 is 0.838 bits per heavy atom. The molecule has 37 heavy (non-hydrogen) atoms. The van der Waals surface area contributed by atoms with Gasteiger partial charge in [-0.15, -0.1) is 0 Å². The number of fused-ring (bicyclic) bond motifs is 1. The van der Waals surface area contributed by atoms with Crippen LogP contribution in [-0.4, -0.2) is 6.21 Å². The van der Waals surface area contributed by atoms with E-state index >= 15 is 0 Å². The SMILES string of the molecule is Fc1c(F)c(C(F)(F)F)c(F)c(F)c1N/N=C/c1c(OCc2ccc(Cl)c(Cl)c2)ccc2ccccc12. The number of hydrogen-bond acceptors (Lipinski definition) is 3. The normalized spacial score (nSPS) is 11.9. The summed E-state index contributed by atoms with van der Waals surface area (Å²) in [5, 5.41) is 5.60. The van der Waals surface area contributed by atoms with E-state index in [1.165, 1.54) is 0 Å². The summed E-state index contributed by atoms with van der Waals surface area (Å²) in [6.45, 7) is 0.0437. The molecular weight excluding hydrogens is 548 g/mol. The second-order valence-electron chi connectivity index (χ2n) is 7.61. The van der Waals surface area contributed by atoms with Crippen molar-refractivity contribution in [1.82, 2.24) is 0 Å². The van der Waals surface area contributed by atoms with Crippen LogP contribution in [0.3, 0.4) is 0 Å². The van der Waals surface area contributed by atoms with E-state index in [1.807, 2.05) is 0 Å². The van der Waals surface area contributed by atoms with Gasteiger partial charge in [0.25, 0.3) is 0 Å². The monoisotopic (exact) mass is 560 g/mol. The highest BCUT2D eigenvalue weighted by atomic mass is 35.5. The average Bonchev–Trinajstić information content (AvgIpc) is 2.85. The van der Waals surface area contributed by atoms with Crippen LogP contribution in [0.5, 0.6) is 5.75 Å². The maximum absolute atomic E-state index is 14.2. The molecule has 192 valence electrons. The van der Waals surface area contributed by atoms with Gasteiger partial charge in [-0.25, -0.2) is 17.6 Å². The molecular formula is C25H13Cl2F7N2O. The van der Waals surface area contributed by atoms with Crippen LogP contribution in [-0.2, 0) is 12.8 Å². The molecule has 0 saturated carbocycles. The fourth-order valence-corrected chi connectivity index (χ4v) is 3.79. The van der Waals surface area contributed by atoms with Crippen molar-refractivity contribution in [2.24, 2.45) is 5.10 Å². The fraction of sp³-hybridized carbons (Fsp3) is 0.0800. The maximum Gasteiger partial charge on any atom is 0.422 e. The van der Waals surface area contributed by atoms with Crippen molar-refractivity contribution < 1.29 is 35.5 Å². The first-order valence-corrected chi connectivity index (χ1v) is 11.0. The Hall–Kier alpha value is -3.50. The fourth-order valence-electron chi connectivity index (χ4n) is 3.47. The van der Waals surface area contributed by atoms with Gasteiger partial charge < -0.3 is 4.74 Å². The summed E-state index contributed by atoms with van der Waals surface area (Å²) in [5.41, 5.74) is -1.48. The topological polar surface area (TPSA) is 33.6 Å². The predicted octanol–water partition coefficient (Wildman–Crippen LogP) is 8.75. The maximum atomic E-state index is 14.2. The number of halogens is 9. The lowest BCUT2D eigenvalue weighted by atomic mass is 10.0. The number of hydrogen-bond donors (Lipinski definition) is 1. The molecule has 0 aliphatic heterocycles. The molecule has 0 unspecified atom stereocenters. The number of hydrazone groups is 1. The minimum atomic E-state index is -5.65. The highest BCUT2D eigenvalue weighted by Gasteiger charge is 2.42. The van der Waals surface area contributed by atoms with Crippen molar-refractivity contribution in [1.29, 1.82) is 0 Å². The third-order valence-corrected chi connectivity index (χ3v) is 5.96. The van der Waals surface area contributed by atoms with Gasteiger partial charge in [-0.1, -0.05) is 59.6 Å². The first-order valence-electron chi connectivity index (χ1n) is 10.3. The largest absolute Gasteiger partial charge is 0.488 e. The zero-order valence-electron chi connectivity index (χ0n) is 18.2.